The number of carbonyl (C=O) groups excluding carboxylic acids is 1. The van der Waals surface area contributed by atoms with E-state index in [1.807, 2.05) is 22.7 Å². The van der Waals surface area contributed by atoms with Crippen LogP contribution in [0, 0.1) is 0 Å². The molecule has 5 nitrogen and oxygen atoms in total. The van der Waals surface area contributed by atoms with E-state index in [1.54, 1.807) is 6.20 Å². The Bertz CT molecular complexity index is 370. The maximum atomic E-state index is 11.9. The lowest BCUT2D eigenvalue weighted by Gasteiger charge is -2.21. The van der Waals surface area contributed by atoms with Crippen LogP contribution < -0.4 is 5.73 Å². The van der Waals surface area contributed by atoms with Gasteiger partial charge < -0.3 is 15.2 Å². The summed E-state index contributed by atoms with van der Waals surface area (Å²) in [5.74, 6) is 1.07. The summed E-state index contributed by atoms with van der Waals surface area (Å²) in [5, 5.41) is 0. The highest BCUT2D eigenvalue weighted by molar-refractivity contribution is 5.77. The van der Waals surface area contributed by atoms with Crippen LogP contribution in [0.4, 0.5) is 0 Å². The van der Waals surface area contributed by atoms with E-state index in [0.29, 0.717) is 25.6 Å². The lowest BCUT2D eigenvalue weighted by atomic mass is 10.3. The summed E-state index contributed by atoms with van der Waals surface area (Å²) in [4.78, 5) is 18.0. The summed E-state index contributed by atoms with van der Waals surface area (Å²) >= 11 is 0. The smallest absolute Gasteiger partial charge is 0.224 e. The van der Waals surface area contributed by atoms with E-state index in [-0.39, 0.29) is 5.91 Å². The average Bonchev–Trinajstić information content (AvgIpc) is 3.00. The van der Waals surface area contributed by atoms with E-state index in [4.69, 9.17) is 5.73 Å². The predicted molar refractivity (Wildman–Crippen MR) is 60.5 cm³/mol. The first-order valence-electron chi connectivity index (χ1n) is 5.68. The molecular weight excluding hydrogens is 204 g/mol. The molecule has 1 saturated carbocycles. The molecule has 2 N–H and O–H groups in total. The largest absolute Gasteiger partial charge is 0.337 e. The molecule has 0 saturated heterocycles. The van der Waals surface area contributed by atoms with Crippen LogP contribution in [0.15, 0.2) is 12.4 Å². The van der Waals surface area contributed by atoms with Crippen LogP contribution in [-0.4, -0.2) is 32.9 Å². The third-order valence-electron chi connectivity index (χ3n) is 2.90. The molecule has 2 rings (SSSR count). The Balaban J connectivity index is 2.03. The molecular formula is C11H18N4O. The summed E-state index contributed by atoms with van der Waals surface area (Å²) in [7, 11) is 1.95. The van der Waals surface area contributed by atoms with Crippen LogP contribution >= 0.6 is 0 Å². The minimum absolute atomic E-state index is 0.146. The van der Waals surface area contributed by atoms with Gasteiger partial charge in [0.15, 0.2) is 0 Å². The van der Waals surface area contributed by atoms with Crippen molar-refractivity contribution in [3.63, 3.8) is 0 Å². The maximum absolute atomic E-state index is 11.9. The van der Waals surface area contributed by atoms with E-state index in [2.05, 4.69) is 4.98 Å². The summed E-state index contributed by atoms with van der Waals surface area (Å²) in [6.07, 6.45) is 6.31. The van der Waals surface area contributed by atoms with Gasteiger partial charge in [-0.3, -0.25) is 4.79 Å². The van der Waals surface area contributed by atoms with Gasteiger partial charge in [-0.25, -0.2) is 4.98 Å². The zero-order valence-electron chi connectivity index (χ0n) is 9.59. The number of rotatable bonds is 5. The second-order valence-electron chi connectivity index (χ2n) is 4.25. The van der Waals surface area contributed by atoms with Gasteiger partial charge in [-0.15, -0.1) is 0 Å². The van der Waals surface area contributed by atoms with Crippen molar-refractivity contribution in [1.82, 2.24) is 14.5 Å². The van der Waals surface area contributed by atoms with E-state index >= 15 is 0 Å². The number of imidazole rings is 1. The standard InChI is InChI=1S/C11H18N4O/c1-14-7-6-13-10(14)8-15(9-2-3-9)11(16)4-5-12/h6-7,9H,2-5,8,12H2,1H3. The molecule has 0 aromatic carbocycles. The molecule has 0 atom stereocenters. The maximum Gasteiger partial charge on any atom is 0.224 e. The van der Waals surface area contributed by atoms with E-state index in [9.17, 15) is 4.79 Å². The number of hydrogen-bond donors (Lipinski definition) is 1. The van der Waals surface area contributed by atoms with Crippen molar-refractivity contribution in [2.24, 2.45) is 12.8 Å². The predicted octanol–water partition coefficient (Wildman–Crippen LogP) is 0.260. The molecule has 1 aliphatic carbocycles. The molecule has 88 valence electrons. The van der Waals surface area contributed by atoms with Gasteiger partial charge >= 0.3 is 0 Å². The monoisotopic (exact) mass is 222 g/mol. The molecule has 0 bridgehead atoms. The molecule has 0 radical (unpaired) electrons. The fourth-order valence-electron chi connectivity index (χ4n) is 1.78. The van der Waals surface area contributed by atoms with Gasteiger partial charge in [0.05, 0.1) is 6.54 Å². The van der Waals surface area contributed by atoms with E-state index in [1.165, 1.54) is 0 Å². The molecule has 16 heavy (non-hydrogen) atoms. The SMILES string of the molecule is Cn1ccnc1CN(C(=O)CCN)C1CC1. The number of carbonyl (C=O) groups is 1. The first-order chi connectivity index (χ1) is 7.72. The number of nitrogens with zero attached hydrogens (tertiary/aromatic N) is 3. The highest BCUT2D eigenvalue weighted by atomic mass is 16.2. The first kappa shape index (κ1) is 11.1. The molecule has 5 heteroatoms. The van der Waals surface area contributed by atoms with Crippen molar-refractivity contribution >= 4 is 5.91 Å². The Morgan fingerprint density at radius 2 is 2.44 bits per heavy atom. The van der Waals surface area contributed by atoms with Gasteiger partial charge in [-0.2, -0.15) is 0 Å². The van der Waals surface area contributed by atoms with Crippen molar-refractivity contribution in [2.45, 2.75) is 31.8 Å². The molecule has 1 fully saturated rings. The molecule has 1 aliphatic rings. The number of hydrogen-bond acceptors (Lipinski definition) is 3. The van der Waals surface area contributed by atoms with Crippen molar-refractivity contribution in [2.75, 3.05) is 6.54 Å². The van der Waals surface area contributed by atoms with Gasteiger partial charge in [-0.1, -0.05) is 0 Å². The normalized spacial score (nSPS) is 15.1. The molecule has 1 heterocycles. The summed E-state index contributed by atoms with van der Waals surface area (Å²) in [6.45, 7) is 1.02. The Labute approximate surface area is 95.2 Å². The lowest BCUT2D eigenvalue weighted by molar-refractivity contribution is -0.132. The Hall–Kier alpha value is -1.36. The van der Waals surface area contributed by atoms with Crippen molar-refractivity contribution < 1.29 is 4.79 Å². The Morgan fingerprint density at radius 1 is 1.69 bits per heavy atom. The molecule has 1 aromatic rings. The highest BCUT2D eigenvalue weighted by Crippen LogP contribution is 2.28. The van der Waals surface area contributed by atoms with Crippen LogP contribution in [-0.2, 0) is 18.4 Å². The molecule has 1 amide bonds. The van der Waals surface area contributed by atoms with Gasteiger partial charge in [0, 0.05) is 38.4 Å². The molecule has 0 unspecified atom stereocenters. The minimum Gasteiger partial charge on any atom is -0.337 e. The number of aryl methyl sites for hydroxylation is 1. The lowest BCUT2D eigenvalue weighted by Crippen LogP contribution is -2.34. The Kier molecular flexibility index (Phi) is 3.24. The summed E-state index contributed by atoms with van der Waals surface area (Å²) < 4.78 is 1.95. The summed E-state index contributed by atoms with van der Waals surface area (Å²) in [5.41, 5.74) is 5.42. The number of aromatic nitrogens is 2. The van der Waals surface area contributed by atoms with Crippen LogP contribution in [0.1, 0.15) is 25.1 Å². The van der Waals surface area contributed by atoms with Gasteiger partial charge in [0.1, 0.15) is 5.82 Å². The van der Waals surface area contributed by atoms with Crippen LogP contribution in [0.25, 0.3) is 0 Å². The Morgan fingerprint density at radius 3 is 2.94 bits per heavy atom. The molecule has 0 aliphatic heterocycles. The number of nitrogens with two attached hydrogens (primary N) is 1. The molecule has 1 aromatic heterocycles. The molecule has 0 spiro atoms. The quantitative estimate of drug-likeness (QED) is 0.777. The topological polar surface area (TPSA) is 64.2 Å². The van der Waals surface area contributed by atoms with Crippen molar-refractivity contribution in [1.29, 1.82) is 0 Å². The zero-order chi connectivity index (χ0) is 11.5. The highest BCUT2D eigenvalue weighted by Gasteiger charge is 2.32. The average molecular weight is 222 g/mol. The van der Waals surface area contributed by atoms with Crippen LogP contribution in [0.2, 0.25) is 0 Å². The fraction of sp³-hybridized carbons (Fsp3) is 0.636. The zero-order valence-corrected chi connectivity index (χ0v) is 9.59. The van der Waals surface area contributed by atoms with Gasteiger partial charge in [0.2, 0.25) is 5.91 Å². The van der Waals surface area contributed by atoms with E-state index in [0.717, 1.165) is 18.7 Å². The van der Waals surface area contributed by atoms with E-state index < -0.39 is 0 Å². The van der Waals surface area contributed by atoms with Crippen LogP contribution in [0.3, 0.4) is 0 Å². The van der Waals surface area contributed by atoms with Gasteiger partial charge in [-0.05, 0) is 12.8 Å². The third kappa shape index (κ3) is 2.41. The summed E-state index contributed by atoms with van der Waals surface area (Å²) in [6, 6.07) is 0.413. The van der Waals surface area contributed by atoms with Crippen molar-refractivity contribution in [3.05, 3.63) is 18.2 Å². The third-order valence-corrected chi connectivity index (χ3v) is 2.90. The van der Waals surface area contributed by atoms with Crippen molar-refractivity contribution in [3.8, 4) is 0 Å². The number of amides is 1. The van der Waals surface area contributed by atoms with Crippen LogP contribution in [0.5, 0.6) is 0 Å². The second kappa shape index (κ2) is 4.65. The fourth-order valence-corrected chi connectivity index (χ4v) is 1.78. The second-order valence-corrected chi connectivity index (χ2v) is 4.25. The van der Waals surface area contributed by atoms with Gasteiger partial charge in [0.25, 0.3) is 0 Å². The minimum atomic E-state index is 0.146. The first-order valence-corrected chi connectivity index (χ1v) is 5.68.